The maximum Gasteiger partial charge on any atom is 0.416 e. The second-order valence-corrected chi connectivity index (χ2v) is 8.03. The van der Waals surface area contributed by atoms with Crippen LogP contribution in [0.15, 0.2) is 62.6 Å². The van der Waals surface area contributed by atoms with Gasteiger partial charge in [0.2, 0.25) is 0 Å². The molecule has 7 nitrogen and oxygen atoms in total. The van der Waals surface area contributed by atoms with Gasteiger partial charge in [0.1, 0.15) is 5.75 Å². The minimum absolute atomic E-state index is 0.0296. The van der Waals surface area contributed by atoms with Crippen molar-refractivity contribution in [3.05, 3.63) is 85.0 Å². The number of rotatable bonds is 4. The standard InChI is InChI=1S/C21H16BrF3N4O3/c1-27-17-16(18(30)28(2)20(27)31)29(11-12-4-3-5-13(10-12)21(23,24)25)19(26-17)32-15-8-6-14(22)7-9-15/h3-10H,11H2,1-2H3. The number of ether oxygens (including phenoxy) is 1. The van der Waals surface area contributed by atoms with Crippen molar-refractivity contribution in [1.29, 1.82) is 0 Å². The van der Waals surface area contributed by atoms with Gasteiger partial charge in [-0.05, 0) is 42.0 Å². The van der Waals surface area contributed by atoms with Gasteiger partial charge in [0.15, 0.2) is 11.2 Å². The molecule has 11 heteroatoms. The minimum atomic E-state index is -4.51. The van der Waals surface area contributed by atoms with E-state index in [4.69, 9.17) is 4.74 Å². The monoisotopic (exact) mass is 508 g/mol. The van der Waals surface area contributed by atoms with E-state index in [-0.39, 0.29) is 29.3 Å². The fourth-order valence-corrected chi connectivity index (χ4v) is 3.55. The predicted octanol–water partition coefficient (Wildman–Crippen LogP) is 4.06. The normalized spacial score (nSPS) is 11.8. The lowest BCUT2D eigenvalue weighted by molar-refractivity contribution is -0.137. The Bertz CT molecular complexity index is 1440. The second kappa shape index (κ2) is 7.97. The zero-order valence-electron chi connectivity index (χ0n) is 16.9. The van der Waals surface area contributed by atoms with Crippen LogP contribution in [0.1, 0.15) is 11.1 Å². The molecule has 32 heavy (non-hydrogen) atoms. The fourth-order valence-electron chi connectivity index (χ4n) is 3.29. The van der Waals surface area contributed by atoms with Crippen LogP contribution in [0.4, 0.5) is 13.2 Å². The van der Waals surface area contributed by atoms with Crippen molar-refractivity contribution in [2.45, 2.75) is 12.7 Å². The summed E-state index contributed by atoms with van der Waals surface area (Å²) in [6, 6.07) is 11.5. The summed E-state index contributed by atoms with van der Waals surface area (Å²) in [6.07, 6.45) is -4.51. The van der Waals surface area contributed by atoms with Crippen molar-refractivity contribution in [2.75, 3.05) is 0 Å². The van der Waals surface area contributed by atoms with Crippen LogP contribution in [0.2, 0.25) is 0 Å². The lowest BCUT2D eigenvalue weighted by Crippen LogP contribution is -2.37. The number of benzene rings is 2. The van der Waals surface area contributed by atoms with Crippen LogP contribution in [-0.2, 0) is 26.8 Å². The zero-order valence-corrected chi connectivity index (χ0v) is 18.4. The molecule has 2 aromatic carbocycles. The fraction of sp³-hybridized carbons (Fsp3) is 0.190. The van der Waals surface area contributed by atoms with Gasteiger partial charge >= 0.3 is 17.9 Å². The summed E-state index contributed by atoms with van der Waals surface area (Å²) in [5.74, 6) is 0.399. The van der Waals surface area contributed by atoms with Gasteiger partial charge in [-0.2, -0.15) is 18.2 Å². The van der Waals surface area contributed by atoms with E-state index in [0.29, 0.717) is 5.75 Å². The Morgan fingerprint density at radius 1 is 1.03 bits per heavy atom. The van der Waals surface area contributed by atoms with E-state index in [1.807, 2.05) is 0 Å². The topological polar surface area (TPSA) is 71.1 Å². The molecule has 2 heterocycles. The first-order chi connectivity index (χ1) is 15.1. The number of hydrogen-bond acceptors (Lipinski definition) is 4. The van der Waals surface area contributed by atoms with Gasteiger partial charge in [-0.1, -0.05) is 28.1 Å². The van der Waals surface area contributed by atoms with Crippen LogP contribution in [0.5, 0.6) is 11.8 Å². The summed E-state index contributed by atoms with van der Waals surface area (Å²) < 4.78 is 49.7. The largest absolute Gasteiger partial charge is 0.425 e. The smallest absolute Gasteiger partial charge is 0.416 e. The first kappa shape index (κ1) is 21.9. The summed E-state index contributed by atoms with van der Waals surface area (Å²) in [5, 5.41) is 0. The number of aryl methyl sites for hydroxylation is 1. The maximum absolute atomic E-state index is 13.2. The molecule has 2 aromatic heterocycles. The van der Waals surface area contributed by atoms with E-state index in [0.717, 1.165) is 21.2 Å². The molecule has 0 aliphatic heterocycles. The number of hydrogen-bond donors (Lipinski definition) is 0. The molecule has 0 aliphatic rings. The minimum Gasteiger partial charge on any atom is -0.425 e. The van der Waals surface area contributed by atoms with E-state index in [9.17, 15) is 22.8 Å². The Morgan fingerprint density at radius 2 is 1.72 bits per heavy atom. The van der Waals surface area contributed by atoms with Crippen molar-refractivity contribution in [2.24, 2.45) is 14.1 Å². The molecule has 0 amide bonds. The molecule has 0 unspecified atom stereocenters. The number of alkyl halides is 3. The molecule has 0 spiro atoms. The van der Waals surface area contributed by atoms with Crippen LogP contribution in [-0.4, -0.2) is 18.7 Å². The average molecular weight is 509 g/mol. The Balaban J connectivity index is 1.91. The van der Waals surface area contributed by atoms with Crippen LogP contribution >= 0.6 is 15.9 Å². The quantitative estimate of drug-likeness (QED) is 0.416. The van der Waals surface area contributed by atoms with E-state index in [1.54, 1.807) is 24.3 Å². The van der Waals surface area contributed by atoms with Gasteiger partial charge in [0.25, 0.3) is 5.56 Å². The maximum atomic E-state index is 13.2. The molecule has 0 aliphatic carbocycles. The average Bonchev–Trinajstić information content (AvgIpc) is 3.10. The highest BCUT2D eigenvalue weighted by Crippen LogP contribution is 2.31. The lowest BCUT2D eigenvalue weighted by Gasteiger charge is -2.12. The molecule has 0 N–H and O–H groups in total. The Labute approximate surface area is 187 Å². The highest BCUT2D eigenvalue weighted by atomic mass is 79.9. The Morgan fingerprint density at radius 3 is 2.38 bits per heavy atom. The second-order valence-electron chi connectivity index (χ2n) is 7.11. The van der Waals surface area contributed by atoms with E-state index in [1.165, 1.54) is 35.4 Å². The first-order valence-electron chi connectivity index (χ1n) is 9.32. The molecule has 4 rings (SSSR count). The number of halogens is 4. The summed E-state index contributed by atoms with van der Waals surface area (Å²) in [7, 11) is 2.77. The molecule has 0 bridgehead atoms. The van der Waals surface area contributed by atoms with Crippen molar-refractivity contribution in [1.82, 2.24) is 18.7 Å². The van der Waals surface area contributed by atoms with E-state index in [2.05, 4.69) is 20.9 Å². The van der Waals surface area contributed by atoms with Crippen molar-refractivity contribution in [3.63, 3.8) is 0 Å². The lowest BCUT2D eigenvalue weighted by atomic mass is 10.1. The Kier molecular flexibility index (Phi) is 5.45. The molecule has 0 atom stereocenters. The van der Waals surface area contributed by atoms with Crippen molar-refractivity contribution < 1.29 is 17.9 Å². The molecular weight excluding hydrogens is 493 g/mol. The highest BCUT2D eigenvalue weighted by Gasteiger charge is 2.30. The van der Waals surface area contributed by atoms with Crippen molar-refractivity contribution in [3.8, 4) is 11.8 Å². The van der Waals surface area contributed by atoms with Crippen LogP contribution in [0, 0.1) is 0 Å². The molecule has 4 aromatic rings. The van der Waals surface area contributed by atoms with Crippen LogP contribution in [0.3, 0.4) is 0 Å². The van der Waals surface area contributed by atoms with E-state index >= 15 is 0 Å². The van der Waals surface area contributed by atoms with Gasteiger partial charge in [-0.15, -0.1) is 0 Å². The first-order valence-corrected chi connectivity index (χ1v) is 10.1. The highest BCUT2D eigenvalue weighted by molar-refractivity contribution is 9.10. The van der Waals surface area contributed by atoms with Gasteiger partial charge < -0.3 is 4.74 Å². The third-order valence-electron chi connectivity index (χ3n) is 4.93. The third kappa shape index (κ3) is 3.95. The molecule has 0 fully saturated rings. The summed E-state index contributed by atoms with van der Waals surface area (Å²) in [6.45, 7) is -0.125. The number of fused-ring (bicyclic) bond motifs is 1. The summed E-state index contributed by atoms with van der Waals surface area (Å²) >= 11 is 3.33. The predicted molar refractivity (Wildman–Crippen MR) is 115 cm³/mol. The molecule has 0 saturated carbocycles. The van der Waals surface area contributed by atoms with Crippen LogP contribution in [0.25, 0.3) is 11.2 Å². The molecule has 166 valence electrons. The van der Waals surface area contributed by atoms with Gasteiger partial charge in [-0.3, -0.25) is 18.5 Å². The number of nitrogens with zero attached hydrogens (tertiary/aromatic N) is 4. The molecule has 0 saturated heterocycles. The van der Waals surface area contributed by atoms with Gasteiger partial charge in [0.05, 0.1) is 12.1 Å². The summed E-state index contributed by atoms with van der Waals surface area (Å²) in [4.78, 5) is 29.6. The zero-order chi connectivity index (χ0) is 23.2. The Hall–Kier alpha value is -3.34. The number of imidazole rings is 1. The molecule has 0 radical (unpaired) electrons. The van der Waals surface area contributed by atoms with E-state index < -0.39 is 23.0 Å². The SMILES string of the molecule is Cn1c(=O)c2c(nc(Oc3ccc(Br)cc3)n2Cc2cccc(C(F)(F)F)c2)n(C)c1=O. The van der Waals surface area contributed by atoms with Crippen LogP contribution < -0.4 is 16.0 Å². The molecular formula is C21H16BrF3N4O3. The third-order valence-corrected chi connectivity index (χ3v) is 5.46. The summed E-state index contributed by atoms with van der Waals surface area (Å²) in [5.41, 5.74) is -1.63. The van der Waals surface area contributed by atoms with Gasteiger partial charge in [0, 0.05) is 18.6 Å². The van der Waals surface area contributed by atoms with Crippen molar-refractivity contribution >= 4 is 27.1 Å². The number of aromatic nitrogens is 4. The van der Waals surface area contributed by atoms with Gasteiger partial charge in [-0.25, -0.2) is 4.79 Å².